The predicted octanol–water partition coefficient (Wildman–Crippen LogP) is 2.26. The SMILES string of the molecule is COc1ccc(C(CN)N(C)CCc2ccccn2)cc1. The smallest absolute Gasteiger partial charge is 0.118 e. The molecule has 4 nitrogen and oxygen atoms in total. The van der Waals surface area contributed by atoms with Crippen LogP contribution >= 0.6 is 0 Å². The summed E-state index contributed by atoms with van der Waals surface area (Å²) in [5.41, 5.74) is 8.27. The number of benzene rings is 1. The van der Waals surface area contributed by atoms with E-state index in [1.165, 1.54) is 5.56 Å². The first-order chi connectivity index (χ1) is 10.2. The van der Waals surface area contributed by atoms with Gasteiger partial charge in [-0.25, -0.2) is 0 Å². The first-order valence-corrected chi connectivity index (χ1v) is 7.18. The van der Waals surface area contributed by atoms with E-state index in [0.29, 0.717) is 6.54 Å². The van der Waals surface area contributed by atoms with E-state index in [2.05, 4.69) is 35.1 Å². The van der Waals surface area contributed by atoms with Crippen molar-refractivity contribution in [2.24, 2.45) is 5.73 Å². The number of hydrogen-bond acceptors (Lipinski definition) is 4. The molecule has 1 aromatic carbocycles. The number of aromatic nitrogens is 1. The lowest BCUT2D eigenvalue weighted by molar-refractivity contribution is 0.252. The van der Waals surface area contributed by atoms with Crippen LogP contribution in [0.3, 0.4) is 0 Å². The van der Waals surface area contributed by atoms with Crippen LogP contribution in [-0.2, 0) is 6.42 Å². The zero-order valence-electron chi connectivity index (χ0n) is 12.7. The Balaban J connectivity index is 1.98. The summed E-state index contributed by atoms with van der Waals surface area (Å²) in [4.78, 5) is 6.63. The van der Waals surface area contributed by atoms with Gasteiger partial charge in [0.05, 0.1) is 7.11 Å². The van der Waals surface area contributed by atoms with E-state index >= 15 is 0 Å². The van der Waals surface area contributed by atoms with Gasteiger partial charge in [0.1, 0.15) is 5.75 Å². The number of rotatable bonds is 7. The summed E-state index contributed by atoms with van der Waals surface area (Å²) >= 11 is 0. The van der Waals surface area contributed by atoms with Crippen LogP contribution in [0.15, 0.2) is 48.7 Å². The Kier molecular flexibility index (Phi) is 5.72. The van der Waals surface area contributed by atoms with Crippen molar-refractivity contribution in [3.63, 3.8) is 0 Å². The minimum absolute atomic E-state index is 0.208. The van der Waals surface area contributed by atoms with Gasteiger partial charge >= 0.3 is 0 Å². The van der Waals surface area contributed by atoms with Crippen LogP contribution in [0, 0.1) is 0 Å². The van der Waals surface area contributed by atoms with E-state index in [1.54, 1.807) is 7.11 Å². The maximum absolute atomic E-state index is 5.96. The van der Waals surface area contributed by atoms with Gasteiger partial charge < -0.3 is 10.5 Å². The summed E-state index contributed by atoms with van der Waals surface area (Å²) in [6.07, 6.45) is 2.75. The Morgan fingerprint density at radius 1 is 1.19 bits per heavy atom. The number of methoxy groups -OCH3 is 1. The largest absolute Gasteiger partial charge is 0.497 e. The topological polar surface area (TPSA) is 51.4 Å². The Bertz CT molecular complexity index is 527. The summed E-state index contributed by atoms with van der Waals surface area (Å²) in [6, 6.07) is 14.3. The molecule has 0 aliphatic carbocycles. The van der Waals surface area contributed by atoms with E-state index < -0.39 is 0 Å². The third-order valence-electron chi connectivity index (χ3n) is 3.70. The molecule has 0 saturated heterocycles. The molecule has 21 heavy (non-hydrogen) atoms. The molecule has 1 unspecified atom stereocenters. The highest BCUT2D eigenvalue weighted by Crippen LogP contribution is 2.21. The van der Waals surface area contributed by atoms with E-state index in [4.69, 9.17) is 10.5 Å². The summed E-state index contributed by atoms with van der Waals surface area (Å²) in [5, 5.41) is 0. The van der Waals surface area contributed by atoms with Crippen molar-refractivity contribution < 1.29 is 4.74 Å². The van der Waals surface area contributed by atoms with Gasteiger partial charge in [0, 0.05) is 37.4 Å². The molecule has 0 aliphatic heterocycles. The van der Waals surface area contributed by atoms with E-state index in [-0.39, 0.29) is 6.04 Å². The molecular formula is C17H23N3O. The summed E-state index contributed by atoms with van der Waals surface area (Å²) in [5.74, 6) is 0.866. The lowest BCUT2D eigenvalue weighted by atomic mass is 10.1. The molecule has 1 atom stereocenters. The average molecular weight is 285 g/mol. The minimum atomic E-state index is 0.208. The van der Waals surface area contributed by atoms with Crippen molar-refractivity contribution in [2.75, 3.05) is 27.2 Å². The number of nitrogens with zero attached hydrogens (tertiary/aromatic N) is 2. The summed E-state index contributed by atoms with van der Waals surface area (Å²) < 4.78 is 5.20. The van der Waals surface area contributed by atoms with Gasteiger partial charge in [0.25, 0.3) is 0 Å². The molecule has 0 saturated carbocycles. The molecule has 0 aliphatic rings. The standard InChI is InChI=1S/C17H23N3O/c1-20(12-10-15-5-3-4-11-19-15)17(13-18)14-6-8-16(21-2)9-7-14/h3-9,11,17H,10,12-13,18H2,1-2H3. The Hall–Kier alpha value is -1.91. The molecule has 2 N–H and O–H groups in total. The van der Waals surface area contributed by atoms with E-state index in [9.17, 15) is 0 Å². The number of nitrogens with two attached hydrogens (primary N) is 1. The molecule has 2 aromatic rings. The maximum Gasteiger partial charge on any atom is 0.118 e. The highest BCUT2D eigenvalue weighted by Gasteiger charge is 2.15. The Labute approximate surface area is 126 Å². The number of ether oxygens (including phenoxy) is 1. The van der Waals surface area contributed by atoms with Crippen molar-refractivity contribution in [3.8, 4) is 5.75 Å². The second-order valence-electron chi connectivity index (χ2n) is 5.08. The molecule has 2 rings (SSSR count). The van der Waals surface area contributed by atoms with Gasteiger partial charge in [-0.2, -0.15) is 0 Å². The van der Waals surface area contributed by atoms with Gasteiger partial charge in [-0.3, -0.25) is 9.88 Å². The average Bonchev–Trinajstić information content (AvgIpc) is 2.55. The van der Waals surface area contributed by atoms with Crippen molar-refractivity contribution in [3.05, 3.63) is 59.9 Å². The van der Waals surface area contributed by atoms with Crippen LogP contribution in [0.25, 0.3) is 0 Å². The lowest BCUT2D eigenvalue weighted by Gasteiger charge is -2.27. The van der Waals surface area contributed by atoms with Crippen LogP contribution < -0.4 is 10.5 Å². The number of likely N-dealkylation sites (N-methyl/N-ethyl adjacent to an activating group) is 1. The van der Waals surface area contributed by atoms with Gasteiger partial charge in [-0.05, 0) is 36.9 Å². The van der Waals surface area contributed by atoms with Crippen LogP contribution in [0.1, 0.15) is 17.3 Å². The second kappa shape index (κ2) is 7.76. The normalized spacial score (nSPS) is 12.4. The quantitative estimate of drug-likeness (QED) is 0.848. The zero-order valence-corrected chi connectivity index (χ0v) is 12.7. The van der Waals surface area contributed by atoms with Crippen molar-refractivity contribution in [2.45, 2.75) is 12.5 Å². The molecule has 0 bridgehead atoms. The van der Waals surface area contributed by atoms with Gasteiger partial charge in [-0.1, -0.05) is 18.2 Å². The first kappa shape index (κ1) is 15.5. The highest BCUT2D eigenvalue weighted by molar-refractivity contribution is 5.29. The monoisotopic (exact) mass is 285 g/mol. The van der Waals surface area contributed by atoms with Crippen molar-refractivity contribution in [1.82, 2.24) is 9.88 Å². The van der Waals surface area contributed by atoms with E-state index in [0.717, 1.165) is 24.4 Å². The van der Waals surface area contributed by atoms with Crippen LogP contribution in [0.2, 0.25) is 0 Å². The second-order valence-corrected chi connectivity index (χ2v) is 5.08. The fraction of sp³-hybridized carbons (Fsp3) is 0.353. The molecule has 0 amide bonds. The highest BCUT2D eigenvalue weighted by atomic mass is 16.5. The lowest BCUT2D eigenvalue weighted by Crippen LogP contribution is -2.32. The number of hydrogen-bond donors (Lipinski definition) is 1. The van der Waals surface area contributed by atoms with Crippen LogP contribution in [0.4, 0.5) is 0 Å². The van der Waals surface area contributed by atoms with Crippen molar-refractivity contribution in [1.29, 1.82) is 0 Å². The Morgan fingerprint density at radius 2 is 1.95 bits per heavy atom. The van der Waals surface area contributed by atoms with Crippen molar-refractivity contribution >= 4 is 0 Å². The van der Waals surface area contributed by atoms with Crippen LogP contribution in [0.5, 0.6) is 5.75 Å². The molecule has 1 aromatic heterocycles. The molecule has 112 valence electrons. The number of pyridine rings is 1. The third kappa shape index (κ3) is 4.28. The zero-order chi connectivity index (χ0) is 15.1. The third-order valence-corrected chi connectivity index (χ3v) is 3.70. The van der Waals surface area contributed by atoms with Crippen LogP contribution in [-0.4, -0.2) is 37.1 Å². The summed E-state index contributed by atoms with van der Waals surface area (Å²) in [6.45, 7) is 1.51. The minimum Gasteiger partial charge on any atom is -0.497 e. The van der Waals surface area contributed by atoms with Gasteiger partial charge in [-0.15, -0.1) is 0 Å². The molecule has 1 heterocycles. The fourth-order valence-electron chi connectivity index (χ4n) is 2.39. The molecule has 4 heteroatoms. The maximum atomic E-state index is 5.96. The van der Waals surface area contributed by atoms with E-state index in [1.807, 2.05) is 30.5 Å². The molecule has 0 fully saturated rings. The van der Waals surface area contributed by atoms with Gasteiger partial charge in [0.2, 0.25) is 0 Å². The Morgan fingerprint density at radius 3 is 2.52 bits per heavy atom. The predicted molar refractivity (Wildman–Crippen MR) is 85.4 cm³/mol. The molecular weight excluding hydrogens is 262 g/mol. The first-order valence-electron chi connectivity index (χ1n) is 7.18. The summed E-state index contributed by atoms with van der Waals surface area (Å²) in [7, 11) is 3.78. The molecule has 0 radical (unpaired) electrons. The van der Waals surface area contributed by atoms with Gasteiger partial charge in [0.15, 0.2) is 0 Å². The molecule has 0 spiro atoms. The fourth-order valence-corrected chi connectivity index (χ4v) is 2.39.